The number of carbonyl (C=O) groups is 2. The molecule has 7 nitrogen and oxygen atoms in total. The number of aromatic nitrogens is 1. The zero-order chi connectivity index (χ0) is 22.3. The quantitative estimate of drug-likeness (QED) is 0.499. The van der Waals surface area contributed by atoms with Crippen LogP contribution in [-0.4, -0.2) is 30.0 Å². The van der Waals surface area contributed by atoms with E-state index in [1.54, 1.807) is 42.7 Å². The fraction of sp³-hybridized carbons (Fsp3) is 0.208. The zero-order valence-electron chi connectivity index (χ0n) is 17.5. The summed E-state index contributed by atoms with van der Waals surface area (Å²) in [5, 5.41) is 9.03. The summed E-state index contributed by atoms with van der Waals surface area (Å²) < 4.78 is 0. The minimum atomic E-state index is -0.414. The Bertz CT molecular complexity index is 1100. The van der Waals surface area contributed by atoms with Crippen molar-refractivity contribution in [2.24, 2.45) is 0 Å². The number of nitrogens with one attached hydrogen (secondary N) is 3. The first-order chi connectivity index (χ1) is 15.6. The Hall–Kier alpha value is -3.58. The molecule has 3 N–H and O–H groups in total. The van der Waals surface area contributed by atoms with Gasteiger partial charge in [0.05, 0.1) is 5.56 Å². The van der Waals surface area contributed by atoms with Crippen molar-refractivity contribution in [1.29, 1.82) is 0 Å². The van der Waals surface area contributed by atoms with Gasteiger partial charge in [-0.15, -0.1) is 0 Å². The predicted molar refractivity (Wildman–Crippen MR) is 127 cm³/mol. The van der Waals surface area contributed by atoms with E-state index in [0.717, 1.165) is 37.2 Å². The Labute approximate surface area is 191 Å². The highest BCUT2D eigenvalue weighted by molar-refractivity contribution is 6.30. The second-order valence-corrected chi connectivity index (χ2v) is 8.00. The lowest BCUT2D eigenvalue weighted by Crippen LogP contribution is -2.27. The Morgan fingerprint density at radius 3 is 2.47 bits per heavy atom. The molecule has 8 heteroatoms. The summed E-state index contributed by atoms with van der Waals surface area (Å²) >= 11 is 5.97. The predicted octanol–water partition coefficient (Wildman–Crippen LogP) is 4.91. The van der Waals surface area contributed by atoms with E-state index in [4.69, 9.17) is 11.6 Å². The molecule has 0 saturated carbocycles. The van der Waals surface area contributed by atoms with Gasteiger partial charge in [-0.3, -0.25) is 9.78 Å². The fourth-order valence-electron chi connectivity index (χ4n) is 3.67. The Morgan fingerprint density at radius 1 is 0.969 bits per heavy atom. The summed E-state index contributed by atoms with van der Waals surface area (Å²) in [5.74, 6) is -0.199. The van der Waals surface area contributed by atoms with Crippen molar-refractivity contribution in [2.45, 2.75) is 19.4 Å². The molecule has 0 spiro atoms. The molecule has 3 aromatic rings. The standard InChI is InChI=1S/C24H24ClN5O2/c25-18-6-3-7-19(13-18)28-24(32)29-20-8-9-22(30-11-1-2-12-30)21(14-20)23(31)27-16-17-5-4-10-26-15-17/h3-10,13-15H,1-2,11-12,16H2,(H,27,31)(H2,28,29,32). The first-order valence-electron chi connectivity index (χ1n) is 10.5. The maximum Gasteiger partial charge on any atom is 0.323 e. The molecule has 1 aromatic heterocycles. The number of halogens is 1. The first-order valence-corrected chi connectivity index (χ1v) is 10.9. The SMILES string of the molecule is O=C(Nc1cccc(Cl)c1)Nc1ccc(N2CCCC2)c(C(=O)NCc2cccnc2)c1. The lowest BCUT2D eigenvalue weighted by atomic mass is 10.1. The van der Waals surface area contributed by atoms with Crippen LogP contribution in [0.4, 0.5) is 21.9 Å². The van der Waals surface area contributed by atoms with Gasteiger partial charge in [0.25, 0.3) is 5.91 Å². The van der Waals surface area contributed by atoms with Gasteiger partial charge in [-0.25, -0.2) is 4.79 Å². The van der Waals surface area contributed by atoms with Gasteiger partial charge in [0.15, 0.2) is 0 Å². The molecular formula is C24H24ClN5O2. The molecule has 0 atom stereocenters. The van der Waals surface area contributed by atoms with Crippen LogP contribution in [0.1, 0.15) is 28.8 Å². The van der Waals surface area contributed by atoms with E-state index in [2.05, 4.69) is 25.8 Å². The van der Waals surface area contributed by atoms with Gasteiger partial charge in [0.2, 0.25) is 0 Å². The van der Waals surface area contributed by atoms with Crippen LogP contribution in [0, 0.1) is 0 Å². The smallest absolute Gasteiger partial charge is 0.323 e. The highest BCUT2D eigenvalue weighted by Crippen LogP contribution is 2.28. The molecule has 32 heavy (non-hydrogen) atoms. The summed E-state index contributed by atoms with van der Waals surface area (Å²) in [6, 6.07) is 15.6. The third kappa shape index (κ3) is 5.56. The first kappa shape index (κ1) is 21.6. The fourth-order valence-corrected chi connectivity index (χ4v) is 3.86. The monoisotopic (exact) mass is 449 g/mol. The lowest BCUT2D eigenvalue weighted by Gasteiger charge is -2.22. The van der Waals surface area contributed by atoms with Crippen LogP contribution in [0.3, 0.4) is 0 Å². The van der Waals surface area contributed by atoms with Crippen molar-refractivity contribution in [3.63, 3.8) is 0 Å². The molecule has 0 aliphatic carbocycles. The molecule has 3 amide bonds. The summed E-state index contributed by atoms with van der Waals surface area (Å²) in [4.78, 5) is 31.8. The minimum absolute atomic E-state index is 0.199. The van der Waals surface area contributed by atoms with E-state index < -0.39 is 6.03 Å². The van der Waals surface area contributed by atoms with E-state index in [0.29, 0.717) is 28.5 Å². The Balaban J connectivity index is 1.50. The maximum atomic E-state index is 13.1. The number of pyridine rings is 1. The van der Waals surface area contributed by atoms with Crippen LogP contribution in [0.5, 0.6) is 0 Å². The molecule has 0 unspecified atom stereocenters. The van der Waals surface area contributed by atoms with Gasteiger partial charge >= 0.3 is 6.03 Å². The van der Waals surface area contributed by atoms with Crippen molar-refractivity contribution < 1.29 is 9.59 Å². The third-order valence-electron chi connectivity index (χ3n) is 5.20. The second-order valence-electron chi connectivity index (χ2n) is 7.56. The number of anilines is 3. The van der Waals surface area contributed by atoms with E-state index >= 15 is 0 Å². The summed E-state index contributed by atoms with van der Waals surface area (Å²) in [5.41, 5.74) is 3.42. The molecule has 2 aromatic carbocycles. The van der Waals surface area contributed by atoms with E-state index in [-0.39, 0.29) is 5.91 Å². The van der Waals surface area contributed by atoms with Crippen LogP contribution in [-0.2, 0) is 6.54 Å². The number of nitrogens with zero attached hydrogens (tertiary/aromatic N) is 2. The molecule has 1 saturated heterocycles. The summed E-state index contributed by atoms with van der Waals surface area (Å²) in [6.07, 6.45) is 5.61. The Morgan fingerprint density at radius 2 is 1.75 bits per heavy atom. The molecule has 164 valence electrons. The van der Waals surface area contributed by atoms with Gasteiger partial charge in [-0.05, 0) is 60.9 Å². The molecule has 1 aliphatic rings. The molecular weight excluding hydrogens is 426 g/mol. The van der Waals surface area contributed by atoms with Gasteiger partial charge < -0.3 is 20.9 Å². The van der Waals surface area contributed by atoms with E-state index in [1.807, 2.05) is 24.3 Å². The van der Waals surface area contributed by atoms with Crippen LogP contribution >= 0.6 is 11.6 Å². The van der Waals surface area contributed by atoms with Crippen LogP contribution in [0.2, 0.25) is 5.02 Å². The maximum absolute atomic E-state index is 13.1. The second kappa shape index (κ2) is 10.2. The Kier molecular flexibility index (Phi) is 6.87. The molecule has 1 aliphatic heterocycles. The average molecular weight is 450 g/mol. The van der Waals surface area contributed by atoms with Crippen LogP contribution < -0.4 is 20.9 Å². The van der Waals surface area contributed by atoms with Crippen molar-refractivity contribution in [3.05, 3.63) is 83.1 Å². The van der Waals surface area contributed by atoms with E-state index in [9.17, 15) is 9.59 Å². The van der Waals surface area contributed by atoms with Gasteiger partial charge in [0, 0.05) is 54.1 Å². The number of carbonyl (C=O) groups excluding carboxylic acids is 2. The zero-order valence-corrected chi connectivity index (χ0v) is 18.2. The molecule has 0 radical (unpaired) electrons. The molecule has 2 heterocycles. The van der Waals surface area contributed by atoms with Crippen molar-refractivity contribution >= 4 is 40.6 Å². The number of hydrogen-bond donors (Lipinski definition) is 3. The van der Waals surface area contributed by atoms with Gasteiger partial charge in [-0.1, -0.05) is 23.7 Å². The molecule has 4 rings (SSSR count). The topological polar surface area (TPSA) is 86.4 Å². The number of urea groups is 1. The van der Waals surface area contributed by atoms with Gasteiger partial charge in [-0.2, -0.15) is 0 Å². The van der Waals surface area contributed by atoms with Crippen molar-refractivity contribution in [3.8, 4) is 0 Å². The minimum Gasteiger partial charge on any atom is -0.371 e. The normalized spacial score (nSPS) is 13.0. The number of benzene rings is 2. The molecule has 1 fully saturated rings. The third-order valence-corrected chi connectivity index (χ3v) is 5.44. The lowest BCUT2D eigenvalue weighted by molar-refractivity contribution is 0.0951. The van der Waals surface area contributed by atoms with Crippen molar-refractivity contribution in [2.75, 3.05) is 28.6 Å². The highest BCUT2D eigenvalue weighted by Gasteiger charge is 2.20. The summed E-state index contributed by atoms with van der Waals surface area (Å²) in [6.45, 7) is 2.19. The summed E-state index contributed by atoms with van der Waals surface area (Å²) in [7, 11) is 0. The largest absolute Gasteiger partial charge is 0.371 e. The van der Waals surface area contributed by atoms with Crippen molar-refractivity contribution in [1.82, 2.24) is 10.3 Å². The highest BCUT2D eigenvalue weighted by atomic mass is 35.5. The van der Waals surface area contributed by atoms with Crippen LogP contribution in [0.25, 0.3) is 0 Å². The average Bonchev–Trinajstić information content (AvgIpc) is 3.33. The number of hydrogen-bond acceptors (Lipinski definition) is 4. The molecule has 0 bridgehead atoms. The van der Waals surface area contributed by atoms with Crippen LogP contribution in [0.15, 0.2) is 67.0 Å². The van der Waals surface area contributed by atoms with Gasteiger partial charge in [0.1, 0.15) is 0 Å². The number of rotatable bonds is 6. The number of amides is 3. The van der Waals surface area contributed by atoms with E-state index in [1.165, 1.54) is 0 Å².